The fraction of sp³-hybridized carbons (Fsp3) is 0.227. The fourth-order valence-electron chi connectivity index (χ4n) is 3.08. The summed E-state index contributed by atoms with van der Waals surface area (Å²) in [6.07, 6.45) is 1.33. The molecule has 0 aromatic heterocycles. The van der Waals surface area contributed by atoms with Crippen LogP contribution >= 0.6 is 22.6 Å². The molecule has 0 atom stereocenters. The van der Waals surface area contributed by atoms with Gasteiger partial charge in [-0.15, -0.1) is 0 Å². The van der Waals surface area contributed by atoms with Crippen LogP contribution in [0.5, 0.6) is 23.0 Å². The maximum absolute atomic E-state index is 13.3. The average Bonchev–Trinajstić information content (AvgIpc) is 2.75. The van der Waals surface area contributed by atoms with E-state index in [4.69, 9.17) is 14.2 Å². The summed E-state index contributed by atoms with van der Waals surface area (Å²) in [7, 11) is 1.39. The van der Waals surface area contributed by atoms with E-state index >= 15 is 0 Å². The molecular weight excluding hydrogens is 531 g/mol. The number of barbiturate groups is 1. The molecule has 10 heteroatoms. The van der Waals surface area contributed by atoms with Crippen LogP contribution in [0.15, 0.2) is 35.9 Å². The minimum atomic E-state index is -0.899. The van der Waals surface area contributed by atoms with Gasteiger partial charge in [0.2, 0.25) is 0 Å². The van der Waals surface area contributed by atoms with Gasteiger partial charge in [-0.2, -0.15) is 0 Å². The van der Waals surface area contributed by atoms with Gasteiger partial charge < -0.3 is 19.3 Å². The van der Waals surface area contributed by atoms with E-state index in [1.807, 2.05) is 29.5 Å². The van der Waals surface area contributed by atoms with E-state index in [1.54, 1.807) is 25.1 Å². The first-order valence-corrected chi connectivity index (χ1v) is 10.8. The lowest BCUT2D eigenvalue weighted by atomic mass is 10.1. The van der Waals surface area contributed by atoms with Crippen LogP contribution in [0.2, 0.25) is 0 Å². The zero-order valence-electron chi connectivity index (χ0n) is 17.6. The lowest BCUT2D eigenvalue weighted by Crippen LogP contribution is -2.54. The molecule has 0 radical (unpaired) electrons. The summed E-state index contributed by atoms with van der Waals surface area (Å²) in [5, 5.41) is 12.2. The van der Waals surface area contributed by atoms with Crippen LogP contribution in [0, 0.1) is 3.57 Å². The number of carbonyl (C=O) groups is 3. The van der Waals surface area contributed by atoms with E-state index < -0.39 is 17.8 Å². The Labute approximate surface area is 198 Å². The smallest absolute Gasteiger partial charge is 0.336 e. The van der Waals surface area contributed by atoms with Crippen LogP contribution < -0.4 is 24.4 Å². The summed E-state index contributed by atoms with van der Waals surface area (Å²) in [5.74, 6) is -0.808. The van der Waals surface area contributed by atoms with E-state index in [2.05, 4.69) is 5.32 Å². The van der Waals surface area contributed by atoms with E-state index in [0.29, 0.717) is 28.1 Å². The molecule has 0 bridgehead atoms. The van der Waals surface area contributed by atoms with Gasteiger partial charge in [-0.25, -0.2) is 9.69 Å². The molecule has 1 fully saturated rings. The number of imide groups is 2. The SMILES string of the molecule is CCOc1ccc(OCC)c(N2C(=O)NC(=O)/C(=C\c3cc(I)c(O)c(OC)c3)C2=O)c1. The van der Waals surface area contributed by atoms with Crippen LogP contribution in [0.3, 0.4) is 0 Å². The predicted octanol–water partition coefficient (Wildman–Crippen LogP) is 3.47. The van der Waals surface area contributed by atoms with Crippen molar-refractivity contribution in [1.29, 1.82) is 0 Å². The Morgan fingerprint density at radius 1 is 1.06 bits per heavy atom. The second-order valence-corrected chi connectivity index (χ2v) is 7.67. The Kier molecular flexibility index (Phi) is 7.23. The monoisotopic (exact) mass is 552 g/mol. The van der Waals surface area contributed by atoms with Crippen molar-refractivity contribution in [2.45, 2.75) is 13.8 Å². The Balaban J connectivity index is 2.09. The molecule has 32 heavy (non-hydrogen) atoms. The maximum atomic E-state index is 13.3. The molecule has 1 saturated heterocycles. The van der Waals surface area contributed by atoms with Gasteiger partial charge in [0.05, 0.1) is 29.6 Å². The minimum absolute atomic E-state index is 0.0550. The minimum Gasteiger partial charge on any atom is -0.504 e. The number of ether oxygens (including phenoxy) is 3. The van der Waals surface area contributed by atoms with Crippen LogP contribution in [-0.4, -0.2) is 43.3 Å². The third-order valence-electron chi connectivity index (χ3n) is 4.47. The lowest BCUT2D eigenvalue weighted by molar-refractivity contribution is -0.122. The van der Waals surface area contributed by atoms with Gasteiger partial charge in [0.15, 0.2) is 11.5 Å². The number of benzene rings is 2. The number of urea groups is 1. The zero-order chi connectivity index (χ0) is 23.4. The highest BCUT2D eigenvalue weighted by Gasteiger charge is 2.38. The van der Waals surface area contributed by atoms with Gasteiger partial charge in [0, 0.05) is 6.07 Å². The lowest BCUT2D eigenvalue weighted by Gasteiger charge is -2.28. The first-order valence-electron chi connectivity index (χ1n) is 9.68. The topological polar surface area (TPSA) is 114 Å². The highest BCUT2D eigenvalue weighted by atomic mass is 127. The third-order valence-corrected chi connectivity index (χ3v) is 5.29. The number of hydrogen-bond donors (Lipinski definition) is 2. The Morgan fingerprint density at radius 2 is 1.78 bits per heavy atom. The van der Waals surface area contributed by atoms with Crippen LogP contribution in [-0.2, 0) is 9.59 Å². The summed E-state index contributed by atoms with van der Waals surface area (Å²) in [5.41, 5.74) is 0.318. The van der Waals surface area contributed by atoms with Crippen molar-refractivity contribution in [3.05, 3.63) is 45.0 Å². The Morgan fingerprint density at radius 3 is 2.44 bits per heavy atom. The van der Waals surface area contributed by atoms with Crippen molar-refractivity contribution in [2.24, 2.45) is 0 Å². The number of nitrogens with one attached hydrogen (secondary N) is 1. The molecule has 2 aromatic rings. The molecule has 2 aromatic carbocycles. The number of halogens is 1. The Hall–Kier alpha value is -3.28. The molecule has 0 saturated carbocycles. The molecule has 0 aliphatic carbocycles. The van der Waals surface area contributed by atoms with E-state index in [0.717, 1.165) is 4.90 Å². The highest BCUT2D eigenvalue weighted by molar-refractivity contribution is 14.1. The molecule has 3 rings (SSSR count). The van der Waals surface area contributed by atoms with Crippen LogP contribution in [0.4, 0.5) is 10.5 Å². The summed E-state index contributed by atoms with van der Waals surface area (Å²) < 4.78 is 16.7. The van der Waals surface area contributed by atoms with Crippen molar-refractivity contribution in [2.75, 3.05) is 25.2 Å². The number of anilines is 1. The number of nitrogens with zero attached hydrogens (tertiary/aromatic N) is 1. The van der Waals surface area contributed by atoms with Crippen LogP contribution in [0.25, 0.3) is 6.08 Å². The molecule has 1 aliphatic rings. The molecular formula is C22H21IN2O7. The number of phenols is 1. The van der Waals surface area contributed by atoms with Gasteiger partial charge in [-0.1, -0.05) is 0 Å². The fourth-order valence-corrected chi connectivity index (χ4v) is 3.71. The van der Waals surface area contributed by atoms with Gasteiger partial charge in [-0.05, 0) is 72.3 Å². The maximum Gasteiger partial charge on any atom is 0.336 e. The van der Waals surface area contributed by atoms with Gasteiger partial charge in [-0.3, -0.25) is 14.9 Å². The predicted molar refractivity (Wildman–Crippen MR) is 125 cm³/mol. The number of phenolic OH excluding ortho intramolecular Hbond substituents is 1. The molecule has 168 valence electrons. The number of rotatable bonds is 7. The quantitative estimate of drug-likeness (QED) is 0.307. The molecule has 2 N–H and O–H groups in total. The highest BCUT2D eigenvalue weighted by Crippen LogP contribution is 2.36. The van der Waals surface area contributed by atoms with Crippen molar-refractivity contribution >= 4 is 52.2 Å². The Bertz CT molecular complexity index is 1110. The van der Waals surface area contributed by atoms with Crippen molar-refractivity contribution in [3.63, 3.8) is 0 Å². The number of aromatic hydroxyl groups is 1. The largest absolute Gasteiger partial charge is 0.504 e. The first kappa shape index (κ1) is 23.4. The van der Waals surface area contributed by atoms with E-state index in [1.165, 1.54) is 25.3 Å². The first-order chi connectivity index (χ1) is 15.3. The average molecular weight is 552 g/mol. The molecule has 0 spiro atoms. The number of carbonyl (C=O) groups excluding carboxylic acids is 3. The molecule has 1 aliphatic heterocycles. The molecule has 1 heterocycles. The molecule has 0 unspecified atom stereocenters. The van der Waals surface area contributed by atoms with Crippen molar-refractivity contribution < 1.29 is 33.7 Å². The van der Waals surface area contributed by atoms with Gasteiger partial charge >= 0.3 is 6.03 Å². The second kappa shape index (κ2) is 9.90. The number of methoxy groups -OCH3 is 1. The summed E-state index contributed by atoms with van der Waals surface area (Å²) >= 11 is 1.91. The van der Waals surface area contributed by atoms with E-state index in [9.17, 15) is 19.5 Å². The normalized spacial score (nSPS) is 15.1. The van der Waals surface area contributed by atoms with Gasteiger partial charge in [0.25, 0.3) is 11.8 Å². The number of hydrogen-bond acceptors (Lipinski definition) is 7. The molecule has 9 nitrogen and oxygen atoms in total. The van der Waals surface area contributed by atoms with Gasteiger partial charge in [0.1, 0.15) is 17.1 Å². The third kappa shape index (κ3) is 4.64. The molecule has 4 amide bonds. The van der Waals surface area contributed by atoms with Crippen molar-refractivity contribution in [3.8, 4) is 23.0 Å². The van der Waals surface area contributed by atoms with Crippen molar-refractivity contribution in [1.82, 2.24) is 5.32 Å². The zero-order valence-corrected chi connectivity index (χ0v) is 19.8. The summed E-state index contributed by atoms with van der Waals surface area (Å²) in [4.78, 5) is 39.2. The summed E-state index contributed by atoms with van der Waals surface area (Å²) in [6.45, 7) is 4.27. The standard InChI is InChI=1S/C22H21IN2O7/c1-4-31-13-6-7-17(32-5-2)16(11-13)25-21(28)14(20(27)24-22(25)29)8-12-9-15(23)19(26)18(10-12)30-3/h6-11,26H,4-5H2,1-3H3,(H,24,27,29)/b14-8+. The summed E-state index contributed by atoms with van der Waals surface area (Å²) in [6, 6.07) is 6.92. The number of amides is 4. The van der Waals surface area contributed by atoms with Crippen LogP contribution in [0.1, 0.15) is 19.4 Å². The second-order valence-electron chi connectivity index (χ2n) is 6.51. The van der Waals surface area contributed by atoms with E-state index in [-0.39, 0.29) is 28.5 Å².